The number of amides is 1. The van der Waals surface area contributed by atoms with Crippen LogP contribution in [0.4, 0.5) is 11.4 Å². The van der Waals surface area contributed by atoms with Crippen LogP contribution in [0, 0.1) is 6.92 Å². The van der Waals surface area contributed by atoms with E-state index in [1.807, 2.05) is 31.2 Å². The second kappa shape index (κ2) is 6.85. The normalized spacial score (nSPS) is 10.1. The van der Waals surface area contributed by atoms with Gasteiger partial charge in [-0.15, -0.1) is 0 Å². The van der Waals surface area contributed by atoms with Crippen molar-refractivity contribution >= 4 is 17.3 Å². The summed E-state index contributed by atoms with van der Waals surface area (Å²) in [5, 5.41) is 2.89. The Labute approximate surface area is 130 Å². The number of methoxy groups -OCH3 is 2. The van der Waals surface area contributed by atoms with Gasteiger partial charge in [-0.05, 0) is 30.2 Å². The van der Waals surface area contributed by atoms with Gasteiger partial charge >= 0.3 is 0 Å². The Balaban J connectivity index is 2.16. The molecule has 0 saturated carbocycles. The first kappa shape index (κ1) is 15.7. The quantitative estimate of drug-likeness (QED) is 0.833. The van der Waals surface area contributed by atoms with Crippen molar-refractivity contribution in [2.45, 2.75) is 13.3 Å². The molecule has 2 rings (SSSR count). The average molecular weight is 300 g/mol. The Bertz CT molecular complexity index is 684. The van der Waals surface area contributed by atoms with Crippen molar-refractivity contribution in [3.05, 3.63) is 47.5 Å². The summed E-state index contributed by atoms with van der Waals surface area (Å²) in [6, 6.07) is 11.0. The summed E-state index contributed by atoms with van der Waals surface area (Å²) < 4.78 is 10.4. The van der Waals surface area contributed by atoms with Crippen LogP contribution in [0.3, 0.4) is 0 Å². The topological polar surface area (TPSA) is 73.6 Å². The number of nitrogens with two attached hydrogens (primary N) is 1. The van der Waals surface area contributed by atoms with Gasteiger partial charge in [0.25, 0.3) is 0 Å². The van der Waals surface area contributed by atoms with Crippen LogP contribution in [0.15, 0.2) is 36.4 Å². The predicted molar refractivity (Wildman–Crippen MR) is 87.5 cm³/mol. The number of hydrogen-bond acceptors (Lipinski definition) is 4. The summed E-state index contributed by atoms with van der Waals surface area (Å²) in [5.74, 6) is 0.965. The fourth-order valence-electron chi connectivity index (χ4n) is 2.17. The monoisotopic (exact) mass is 300 g/mol. The Morgan fingerprint density at radius 3 is 2.41 bits per heavy atom. The standard InChI is InChI=1S/C17H20N2O3/c1-11-6-4-5-7-14(11)19-17(20)9-12-8-15(21-2)16(22-3)10-13(12)18/h4-8,10H,9,18H2,1-3H3,(H,19,20). The molecule has 2 aromatic rings. The van der Waals surface area contributed by atoms with Gasteiger partial charge in [0.1, 0.15) is 0 Å². The van der Waals surface area contributed by atoms with Gasteiger partial charge < -0.3 is 20.5 Å². The third-order valence-electron chi connectivity index (χ3n) is 3.42. The van der Waals surface area contributed by atoms with E-state index in [0.717, 1.165) is 11.3 Å². The zero-order valence-electron chi connectivity index (χ0n) is 13.0. The molecule has 0 heterocycles. The summed E-state index contributed by atoms with van der Waals surface area (Å²) in [5.41, 5.74) is 8.98. The Kier molecular flexibility index (Phi) is 4.88. The van der Waals surface area contributed by atoms with Crippen LogP contribution in [-0.4, -0.2) is 20.1 Å². The zero-order chi connectivity index (χ0) is 16.1. The molecular weight excluding hydrogens is 280 g/mol. The van der Waals surface area contributed by atoms with Gasteiger partial charge in [0.15, 0.2) is 11.5 Å². The molecule has 0 aliphatic heterocycles. The van der Waals surface area contributed by atoms with E-state index in [1.54, 1.807) is 26.4 Å². The van der Waals surface area contributed by atoms with Crippen LogP contribution in [0.5, 0.6) is 11.5 Å². The number of carbonyl (C=O) groups excluding carboxylic acids is 1. The summed E-state index contributed by atoms with van der Waals surface area (Å²) in [6.07, 6.45) is 0.167. The van der Waals surface area contributed by atoms with Crippen LogP contribution in [-0.2, 0) is 11.2 Å². The highest BCUT2D eigenvalue weighted by Crippen LogP contribution is 2.32. The molecule has 5 heteroatoms. The van der Waals surface area contributed by atoms with Crippen molar-refractivity contribution in [1.82, 2.24) is 0 Å². The number of nitrogens with one attached hydrogen (secondary N) is 1. The number of para-hydroxylation sites is 1. The number of nitrogen functional groups attached to an aromatic ring is 1. The van der Waals surface area contributed by atoms with Crippen molar-refractivity contribution in [2.24, 2.45) is 0 Å². The van der Waals surface area contributed by atoms with Gasteiger partial charge in [-0.1, -0.05) is 18.2 Å². The van der Waals surface area contributed by atoms with Crippen molar-refractivity contribution in [1.29, 1.82) is 0 Å². The summed E-state index contributed by atoms with van der Waals surface area (Å²) in [6.45, 7) is 1.94. The zero-order valence-corrected chi connectivity index (χ0v) is 13.0. The molecule has 0 aromatic heterocycles. The molecule has 0 aliphatic rings. The molecule has 5 nitrogen and oxygen atoms in total. The second-order valence-electron chi connectivity index (χ2n) is 4.95. The Morgan fingerprint density at radius 1 is 1.14 bits per heavy atom. The lowest BCUT2D eigenvalue weighted by atomic mass is 10.1. The van der Waals surface area contributed by atoms with Crippen molar-refractivity contribution < 1.29 is 14.3 Å². The lowest BCUT2D eigenvalue weighted by Gasteiger charge is -2.13. The molecule has 0 spiro atoms. The van der Waals surface area contributed by atoms with Crippen molar-refractivity contribution in [3.8, 4) is 11.5 Å². The van der Waals surface area contributed by atoms with Gasteiger partial charge in [0.2, 0.25) is 5.91 Å². The minimum Gasteiger partial charge on any atom is -0.493 e. The van der Waals surface area contributed by atoms with E-state index in [-0.39, 0.29) is 12.3 Å². The summed E-state index contributed by atoms with van der Waals surface area (Å²) in [7, 11) is 3.09. The molecule has 0 fully saturated rings. The number of rotatable bonds is 5. The maximum atomic E-state index is 12.2. The smallest absolute Gasteiger partial charge is 0.228 e. The number of carbonyl (C=O) groups is 1. The molecule has 22 heavy (non-hydrogen) atoms. The lowest BCUT2D eigenvalue weighted by Crippen LogP contribution is -2.16. The number of anilines is 2. The number of aryl methyl sites for hydroxylation is 1. The number of ether oxygens (including phenoxy) is 2. The van der Waals surface area contributed by atoms with Crippen LogP contribution in [0.25, 0.3) is 0 Å². The van der Waals surface area contributed by atoms with Crippen LogP contribution < -0.4 is 20.5 Å². The van der Waals surface area contributed by atoms with Crippen molar-refractivity contribution in [2.75, 3.05) is 25.3 Å². The molecule has 1 amide bonds. The van der Waals surface area contributed by atoms with Gasteiger partial charge in [-0.3, -0.25) is 4.79 Å². The maximum Gasteiger partial charge on any atom is 0.228 e. The van der Waals surface area contributed by atoms with Gasteiger partial charge in [0, 0.05) is 17.4 Å². The molecule has 0 unspecified atom stereocenters. The SMILES string of the molecule is COc1cc(N)c(CC(=O)Nc2ccccc2C)cc1OC. The fourth-order valence-corrected chi connectivity index (χ4v) is 2.17. The minimum atomic E-state index is -0.131. The molecule has 116 valence electrons. The van der Waals surface area contributed by atoms with E-state index in [9.17, 15) is 4.79 Å². The molecule has 3 N–H and O–H groups in total. The van der Waals surface area contributed by atoms with E-state index in [2.05, 4.69) is 5.32 Å². The van der Waals surface area contributed by atoms with E-state index in [1.165, 1.54) is 0 Å². The molecular formula is C17H20N2O3. The highest BCUT2D eigenvalue weighted by atomic mass is 16.5. The van der Waals surface area contributed by atoms with E-state index < -0.39 is 0 Å². The highest BCUT2D eigenvalue weighted by molar-refractivity contribution is 5.93. The maximum absolute atomic E-state index is 12.2. The third kappa shape index (κ3) is 3.49. The van der Waals surface area contributed by atoms with E-state index in [4.69, 9.17) is 15.2 Å². The number of benzene rings is 2. The minimum absolute atomic E-state index is 0.131. The summed E-state index contributed by atoms with van der Waals surface area (Å²) >= 11 is 0. The molecule has 0 atom stereocenters. The average Bonchev–Trinajstić information content (AvgIpc) is 2.51. The lowest BCUT2D eigenvalue weighted by molar-refractivity contribution is -0.115. The second-order valence-corrected chi connectivity index (χ2v) is 4.95. The summed E-state index contributed by atoms with van der Waals surface area (Å²) in [4.78, 5) is 12.2. The van der Waals surface area contributed by atoms with Crippen LogP contribution in [0.1, 0.15) is 11.1 Å². The fraction of sp³-hybridized carbons (Fsp3) is 0.235. The molecule has 0 bridgehead atoms. The van der Waals surface area contributed by atoms with Gasteiger partial charge in [0.05, 0.1) is 20.6 Å². The molecule has 0 saturated heterocycles. The molecule has 2 aromatic carbocycles. The largest absolute Gasteiger partial charge is 0.493 e. The number of hydrogen-bond donors (Lipinski definition) is 2. The van der Waals surface area contributed by atoms with Crippen LogP contribution in [0.2, 0.25) is 0 Å². The first-order valence-corrected chi connectivity index (χ1v) is 6.91. The van der Waals surface area contributed by atoms with Gasteiger partial charge in [-0.2, -0.15) is 0 Å². The molecule has 0 radical (unpaired) electrons. The van der Waals surface area contributed by atoms with E-state index >= 15 is 0 Å². The Hall–Kier alpha value is -2.69. The predicted octanol–water partition coefficient (Wildman–Crippen LogP) is 2.78. The first-order chi connectivity index (χ1) is 10.5. The highest BCUT2D eigenvalue weighted by Gasteiger charge is 2.13. The Morgan fingerprint density at radius 2 is 1.77 bits per heavy atom. The van der Waals surface area contributed by atoms with E-state index in [0.29, 0.717) is 22.7 Å². The van der Waals surface area contributed by atoms with Crippen molar-refractivity contribution in [3.63, 3.8) is 0 Å². The van der Waals surface area contributed by atoms with Gasteiger partial charge in [-0.25, -0.2) is 0 Å². The van der Waals surface area contributed by atoms with Crippen LogP contribution >= 0.6 is 0 Å². The third-order valence-corrected chi connectivity index (χ3v) is 3.42. The molecule has 0 aliphatic carbocycles. The first-order valence-electron chi connectivity index (χ1n) is 6.91.